The first-order valence-electron chi connectivity index (χ1n) is 14.1. The van der Waals surface area contributed by atoms with Crippen LogP contribution in [-0.2, 0) is 30.8 Å². The van der Waals surface area contributed by atoms with Crippen LogP contribution in [0.2, 0.25) is 0 Å². The van der Waals surface area contributed by atoms with Gasteiger partial charge in [0.25, 0.3) is 0 Å². The van der Waals surface area contributed by atoms with Crippen LogP contribution >= 0.6 is 0 Å². The van der Waals surface area contributed by atoms with Crippen molar-refractivity contribution in [2.45, 2.75) is 11.8 Å². The molecule has 0 saturated carbocycles. The number of hydrogen-bond donors (Lipinski definition) is 0. The molecule has 210 valence electrons. The highest BCUT2D eigenvalue weighted by atomic mass is 16.6. The van der Waals surface area contributed by atoms with Crippen molar-refractivity contribution in [3.8, 4) is 11.1 Å². The summed E-state index contributed by atoms with van der Waals surface area (Å²) < 4.78 is 21.7. The second-order valence-corrected chi connectivity index (χ2v) is 9.99. The summed E-state index contributed by atoms with van der Waals surface area (Å²) in [6.45, 7) is 2.44. The van der Waals surface area contributed by atoms with Gasteiger partial charge in [0.05, 0.1) is 38.6 Å². The highest BCUT2D eigenvalue weighted by molar-refractivity contribution is 6.02. The molecule has 0 aliphatic heterocycles. The van der Waals surface area contributed by atoms with Crippen molar-refractivity contribution in [1.82, 2.24) is 0 Å². The van der Waals surface area contributed by atoms with Crippen molar-refractivity contribution in [2.24, 2.45) is 0 Å². The maximum Gasteiger partial charge on any atom is 0.339 e. The Morgan fingerprint density at radius 2 is 1.24 bits per heavy atom. The predicted molar refractivity (Wildman–Crippen MR) is 162 cm³/mol. The Kier molecular flexibility index (Phi) is 9.76. The largest absolute Gasteiger partial charge is 0.460 e. The van der Waals surface area contributed by atoms with E-state index >= 15 is 0 Å². The molecule has 0 saturated heterocycles. The number of allylic oxidation sites excluding steroid dienone is 1. The van der Waals surface area contributed by atoms with Gasteiger partial charge >= 0.3 is 5.97 Å². The lowest BCUT2D eigenvalue weighted by atomic mass is 9.66. The van der Waals surface area contributed by atoms with Crippen molar-refractivity contribution in [2.75, 3.05) is 46.8 Å². The van der Waals surface area contributed by atoms with Gasteiger partial charge in [-0.15, -0.1) is 0 Å². The fourth-order valence-electron chi connectivity index (χ4n) is 5.43. The zero-order valence-electron chi connectivity index (χ0n) is 23.5. The van der Waals surface area contributed by atoms with Gasteiger partial charge in [-0.05, 0) is 39.8 Å². The number of methoxy groups -OCH3 is 1. The fraction of sp³-hybridized carbons (Fsp3) is 0.250. The molecule has 0 N–H and O–H groups in total. The maximum atomic E-state index is 13.7. The van der Waals surface area contributed by atoms with Crippen LogP contribution in [0.5, 0.6) is 0 Å². The zero-order chi connectivity index (χ0) is 28.3. The molecule has 0 radical (unpaired) electrons. The number of carbonyl (C=O) groups is 1. The van der Waals surface area contributed by atoms with Gasteiger partial charge in [-0.3, -0.25) is 0 Å². The molecule has 1 aliphatic rings. The number of carbonyl (C=O) groups excluding carboxylic acids is 1. The van der Waals surface area contributed by atoms with E-state index in [1.807, 2.05) is 42.5 Å². The van der Waals surface area contributed by atoms with Crippen molar-refractivity contribution in [3.05, 3.63) is 137 Å². The van der Waals surface area contributed by atoms with Gasteiger partial charge in [0.1, 0.15) is 6.61 Å². The lowest BCUT2D eigenvalue weighted by molar-refractivity contribution is 0.00572. The number of rotatable bonds is 13. The van der Waals surface area contributed by atoms with Crippen molar-refractivity contribution in [1.29, 1.82) is 0 Å². The summed E-state index contributed by atoms with van der Waals surface area (Å²) in [5.41, 5.74) is 6.52. The van der Waals surface area contributed by atoms with E-state index in [1.54, 1.807) is 7.11 Å². The molecule has 41 heavy (non-hydrogen) atoms. The third-order valence-corrected chi connectivity index (χ3v) is 7.47. The molecule has 0 bridgehead atoms. The van der Waals surface area contributed by atoms with E-state index < -0.39 is 0 Å². The second-order valence-electron chi connectivity index (χ2n) is 9.99. The van der Waals surface area contributed by atoms with Gasteiger partial charge < -0.3 is 18.9 Å². The minimum atomic E-state index is -0.350. The van der Waals surface area contributed by atoms with E-state index in [1.165, 1.54) is 11.1 Å². The molecule has 0 fully saturated rings. The lowest BCUT2D eigenvalue weighted by Crippen LogP contribution is -2.31. The lowest BCUT2D eigenvalue weighted by Gasteiger charge is -2.36. The van der Waals surface area contributed by atoms with E-state index in [0.717, 1.165) is 28.7 Å². The van der Waals surface area contributed by atoms with E-state index in [9.17, 15) is 4.79 Å². The Balaban J connectivity index is 1.42. The number of hydrogen-bond acceptors (Lipinski definition) is 5. The van der Waals surface area contributed by atoms with Crippen LogP contribution in [-0.4, -0.2) is 52.7 Å². The SMILES string of the molecule is COCCOCCOCCOC(=O)c1c(-c2ccccc2)ccc2c1C=CC(c1ccccc1)(c1ccccc1)C2. The smallest absolute Gasteiger partial charge is 0.339 e. The van der Waals surface area contributed by atoms with Crippen molar-refractivity contribution < 1.29 is 23.7 Å². The summed E-state index contributed by atoms with van der Waals surface area (Å²) in [6.07, 6.45) is 5.09. The van der Waals surface area contributed by atoms with Crippen molar-refractivity contribution >= 4 is 12.0 Å². The van der Waals surface area contributed by atoms with E-state index in [0.29, 0.717) is 38.6 Å². The molecular formula is C36H36O5. The molecule has 4 aromatic carbocycles. The molecule has 0 unspecified atom stereocenters. The Morgan fingerprint density at radius 3 is 1.85 bits per heavy atom. The molecule has 0 aromatic heterocycles. The van der Waals surface area contributed by atoms with Gasteiger partial charge in [0.2, 0.25) is 0 Å². The quantitative estimate of drug-likeness (QED) is 0.137. The van der Waals surface area contributed by atoms with Crippen LogP contribution in [0.25, 0.3) is 17.2 Å². The predicted octanol–water partition coefficient (Wildman–Crippen LogP) is 6.75. The van der Waals surface area contributed by atoms with Gasteiger partial charge in [0.15, 0.2) is 0 Å². The minimum absolute atomic E-state index is 0.163. The molecule has 0 atom stereocenters. The first kappa shape index (κ1) is 28.5. The Labute approximate surface area is 242 Å². The summed E-state index contributed by atoms with van der Waals surface area (Å²) in [7, 11) is 1.64. The van der Waals surface area contributed by atoms with E-state index in [-0.39, 0.29) is 18.0 Å². The minimum Gasteiger partial charge on any atom is -0.460 e. The topological polar surface area (TPSA) is 54.0 Å². The van der Waals surface area contributed by atoms with Gasteiger partial charge in [0, 0.05) is 12.5 Å². The standard InChI is InChI=1S/C36H36O5/c1-38-21-22-39-23-24-40-25-26-41-35(37)34-32(28-11-5-2-6-12-28)18-17-29-27-36(20-19-33(29)34,30-13-7-3-8-14-30)31-15-9-4-10-16-31/h2-20H,21-27H2,1H3. The van der Waals surface area contributed by atoms with Crippen LogP contribution in [0.15, 0.2) is 109 Å². The van der Waals surface area contributed by atoms with Gasteiger partial charge in [-0.25, -0.2) is 4.79 Å². The average molecular weight is 549 g/mol. The van der Waals surface area contributed by atoms with Gasteiger partial charge in [-0.1, -0.05) is 115 Å². The summed E-state index contributed by atoms with van der Waals surface area (Å²) in [4.78, 5) is 13.7. The van der Waals surface area contributed by atoms with Crippen LogP contribution in [0.3, 0.4) is 0 Å². The fourth-order valence-corrected chi connectivity index (χ4v) is 5.43. The molecule has 0 spiro atoms. The van der Waals surface area contributed by atoms with Gasteiger partial charge in [-0.2, -0.15) is 0 Å². The maximum absolute atomic E-state index is 13.7. The highest BCUT2D eigenvalue weighted by Gasteiger charge is 2.36. The molecule has 5 rings (SSSR count). The molecule has 0 heterocycles. The molecule has 1 aliphatic carbocycles. The van der Waals surface area contributed by atoms with E-state index in [2.05, 4.69) is 72.8 Å². The molecule has 5 nitrogen and oxygen atoms in total. The molecule has 0 amide bonds. The number of esters is 1. The zero-order valence-corrected chi connectivity index (χ0v) is 23.5. The van der Waals surface area contributed by atoms with Crippen LogP contribution in [0.1, 0.15) is 32.6 Å². The first-order valence-corrected chi connectivity index (χ1v) is 14.1. The normalized spacial score (nSPS) is 13.5. The molecular weight excluding hydrogens is 512 g/mol. The summed E-state index contributed by atoms with van der Waals surface area (Å²) >= 11 is 0. The number of ether oxygens (including phenoxy) is 4. The van der Waals surface area contributed by atoms with Crippen LogP contribution < -0.4 is 0 Å². The van der Waals surface area contributed by atoms with Crippen LogP contribution in [0, 0.1) is 0 Å². The molecule has 4 aromatic rings. The Hall–Kier alpha value is -4.03. The second kappa shape index (κ2) is 14.0. The Bertz CT molecular complexity index is 1390. The number of fused-ring (bicyclic) bond motifs is 1. The highest BCUT2D eigenvalue weighted by Crippen LogP contribution is 2.43. The third-order valence-electron chi connectivity index (χ3n) is 7.47. The Morgan fingerprint density at radius 1 is 0.683 bits per heavy atom. The third kappa shape index (κ3) is 6.66. The average Bonchev–Trinajstić information content (AvgIpc) is 3.04. The monoisotopic (exact) mass is 548 g/mol. The number of benzene rings is 4. The first-order chi connectivity index (χ1) is 20.2. The summed E-state index contributed by atoms with van der Waals surface area (Å²) in [5.74, 6) is -0.350. The summed E-state index contributed by atoms with van der Waals surface area (Å²) in [6, 6.07) is 35.3. The van der Waals surface area contributed by atoms with E-state index in [4.69, 9.17) is 18.9 Å². The van der Waals surface area contributed by atoms with Crippen LogP contribution in [0.4, 0.5) is 0 Å². The molecule has 5 heteroatoms. The summed E-state index contributed by atoms with van der Waals surface area (Å²) in [5, 5.41) is 0. The van der Waals surface area contributed by atoms with Crippen molar-refractivity contribution in [3.63, 3.8) is 0 Å².